The Morgan fingerprint density at radius 2 is 2.05 bits per heavy atom. The molecule has 1 atom stereocenters. The highest BCUT2D eigenvalue weighted by Gasteiger charge is 2.20. The van der Waals surface area contributed by atoms with Crippen LogP contribution in [0.1, 0.15) is 29.8 Å². The van der Waals surface area contributed by atoms with Gasteiger partial charge in [-0.2, -0.15) is 0 Å². The molecule has 1 N–H and O–H groups in total. The quantitative estimate of drug-likeness (QED) is 0.772. The van der Waals surface area contributed by atoms with E-state index in [0.29, 0.717) is 0 Å². The van der Waals surface area contributed by atoms with Crippen LogP contribution in [-0.2, 0) is 0 Å². The lowest BCUT2D eigenvalue weighted by atomic mass is 10.0. The third kappa shape index (κ3) is 3.99. The highest BCUT2D eigenvalue weighted by Crippen LogP contribution is 2.36. The van der Waals surface area contributed by atoms with Crippen LogP contribution in [-0.4, -0.2) is 20.8 Å². The summed E-state index contributed by atoms with van der Waals surface area (Å²) >= 11 is 5.26. The SMILES string of the molecule is CCCNC(c1cc(Br)cs1)c1cc(OC)ccc1OC. The Bertz CT molecular complexity index is 585. The third-order valence-electron chi connectivity index (χ3n) is 3.22. The molecule has 1 unspecified atom stereocenters. The number of nitrogens with one attached hydrogen (secondary N) is 1. The first-order valence-corrected chi connectivity index (χ1v) is 8.56. The van der Waals surface area contributed by atoms with Crippen LogP contribution in [0.5, 0.6) is 11.5 Å². The van der Waals surface area contributed by atoms with Crippen molar-refractivity contribution in [2.45, 2.75) is 19.4 Å². The maximum absolute atomic E-state index is 5.53. The van der Waals surface area contributed by atoms with E-state index in [1.165, 1.54) is 4.88 Å². The van der Waals surface area contributed by atoms with Gasteiger partial charge in [-0.25, -0.2) is 0 Å². The Labute approximate surface area is 138 Å². The molecule has 5 heteroatoms. The molecular weight excluding hydrogens is 350 g/mol. The van der Waals surface area contributed by atoms with E-state index in [4.69, 9.17) is 9.47 Å². The highest BCUT2D eigenvalue weighted by molar-refractivity contribution is 9.10. The van der Waals surface area contributed by atoms with Gasteiger partial charge in [-0.1, -0.05) is 6.92 Å². The van der Waals surface area contributed by atoms with Gasteiger partial charge in [-0.15, -0.1) is 11.3 Å². The van der Waals surface area contributed by atoms with Crippen molar-refractivity contribution in [3.05, 3.63) is 44.6 Å². The second-order valence-corrected chi connectivity index (χ2v) is 6.52. The van der Waals surface area contributed by atoms with E-state index in [9.17, 15) is 0 Å². The summed E-state index contributed by atoms with van der Waals surface area (Å²) in [7, 11) is 3.38. The lowest BCUT2D eigenvalue weighted by molar-refractivity contribution is 0.394. The van der Waals surface area contributed by atoms with Crippen molar-refractivity contribution in [2.24, 2.45) is 0 Å². The number of thiophene rings is 1. The van der Waals surface area contributed by atoms with Crippen molar-refractivity contribution in [1.29, 1.82) is 0 Å². The molecule has 2 rings (SSSR count). The Hall–Kier alpha value is -1.04. The molecule has 1 aromatic carbocycles. The maximum Gasteiger partial charge on any atom is 0.124 e. The molecule has 0 amide bonds. The number of halogens is 1. The van der Waals surface area contributed by atoms with Gasteiger partial charge in [-0.05, 0) is 53.2 Å². The molecule has 1 heterocycles. The largest absolute Gasteiger partial charge is 0.497 e. The van der Waals surface area contributed by atoms with Crippen molar-refractivity contribution >= 4 is 27.3 Å². The summed E-state index contributed by atoms with van der Waals surface area (Å²) in [5, 5.41) is 5.70. The van der Waals surface area contributed by atoms with E-state index >= 15 is 0 Å². The fourth-order valence-corrected chi connectivity index (χ4v) is 3.73. The van der Waals surface area contributed by atoms with E-state index in [1.807, 2.05) is 18.2 Å². The van der Waals surface area contributed by atoms with Crippen LogP contribution in [0.25, 0.3) is 0 Å². The minimum Gasteiger partial charge on any atom is -0.497 e. The summed E-state index contributed by atoms with van der Waals surface area (Å²) in [6.45, 7) is 3.11. The Morgan fingerprint density at radius 1 is 1.24 bits per heavy atom. The zero-order valence-electron chi connectivity index (χ0n) is 12.5. The molecule has 0 spiro atoms. The summed E-state index contributed by atoms with van der Waals surface area (Å²) in [5.74, 6) is 1.71. The molecule has 0 fully saturated rings. The Kier molecular flexibility index (Phi) is 6.08. The van der Waals surface area contributed by atoms with E-state index in [0.717, 1.165) is 34.5 Å². The molecule has 0 radical (unpaired) electrons. The van der Waals surface area contributed by atoms with Crippen LogP contribution in [0, 0.1) is 0 Å². The van der Waals surface area contributed by atoms with Crippen molar-refractivity contribution < 1.29 is 9.47 Å². The van der Waals surface area contributed by atoms with Crippen LogP contribution in [0.2, 0.25) is 0 Å². The standard InChI is InChI=1S/C16H20BrNO2S/c1-4-7-18-16(15-8-11(17)10-21-15)13-9-12(19-2)5-6-14(13)20-3/h5-6,8-10,16,18H,4,7H2,1-3H3. The van der Waals surface area contributed by atoms with Gasteiger partial charge in [-0.3, -0.25) is 0 Å². The molecular formula is C16H20BrNO2S. The van der Waals surface area contributed by atoms with Crippen molar-refractivity contribution in [1.82, 2.24) is 5.32 Å². The predicted molar refractivity (Wildman–Crippen MR) is 91.7 cm³/mol. The van der Waals surface area contributed by atoms with E-state index in [1.54, 1.807) is 25.6 Å². The Balaban J connectivity index is 2.44. The second-order valence-electron chi connectivity index (χ2n) is 4.66. The summed E-state index contributed by atoms with van der Waals surface area (Å²) in [6, 6.07) is 8.17. The fraction of sp³-hybridized carbons (Fsp3) is 0.375. The van der Waals surface area contributed by atoms with Gasteiger partial charge in [0.1, 0.15) is 11.5 Å². The molecule has 2 aromatic rings. The molecule has 3 nitrogen and oxygen atoms in total. The average Bonchev–Trinajstić information content (AvgIpc) is 2.93. The first kappa shape index (κ1) is 16.3. The zero-order chi connectivity index (χ0) is 15.2. The number of hydrogen-bond acceptors (Lipinski definition) is 4. The molecule has 1 aromatic heterocycles. The van der Waals surface area contributed by atoms with Gasteiger partial charge in [0.15, 0.2) is 0 Å². The number of rotatable bonds is 7. The monoisotopic (exact) mass is 369 g/mol. The third-order valence-corrected chi connectivity index (χ3v) is 4.98. The summed E-state index contributed by atoms with van der Waals surface area (Å²) in [5.41, 5.74) is 1.10. The lowest BCUT2D eigenvalue weighted by Crippen LogP contribution is -2.23. The Morgan fingerprint density at radius 3 is 2.62 bits per heavy atom. The van der Waals surface area contributed by atoms with Crippen LogP contribution in [0.4, 0.5) is 0 Å². The number of benzene rings is 1. The molecule has 0 aliphatic heterocycles. The van der Waals surface area contributed by atoms with Gasteiger partial charge in [0, 0.05) is 20.3 Å². The fourth-order valence-electron chi connectivity index (χ4n) is 2.20. The van der Waals surface area contributed by atoms with Gasteiger partial charge < -0.3 is 14.8 Å². The van der Waals surface area contributed by atoms with E-state index in [2.05, 4.69) is 39.6 Å². The van der Waals surface area contributed by atoms with Crippen molar-refractivity contribution in [3.63, 3.8) is 0 Å². The first-order valence-electron chi connectivity index (χ1n) is 6.88. The van der Waals surface area contributed by atoms with Crippen LogP contribution in [0.15, 0.2) is 34.1 Å². The van der Waals surface area contributed by atoms with Gasteiger partial charge >= 0.3 is 0 Å². The van der Waals surface area contributed by atoms with Gasteiger partial charge in [0.2, 0.25) is 0 Å². The molecule has 0 saturated carbocycles. The zero-order valence-corrected chi connectivity index (χ0v) is 14.9. The van der Waals surface area contributed by atoms with E-state index in [-0.39, 0.29) is 6.04 Å². The van der Waals surface area contributed by atoms with Gasteiger partial charge in [0.25, 0.3) is 0 Å². The molecule has 0 bridgehead atoms. The summed E-state index contributed by atoms with van der Waals surface area (Å²) in [6.07, 6.45) is 1.08. The molecule has 0 aliphatic carbocycles. The number of hydrogen-bond donors (Lipinski definition) is 1. The second kappa shape index (κ2) is 7.82. The number of methoxy groups -OCH3 is 2. The molecule has 0 aliphatic rings. The average molecular weight is 370 g/mol. The van der Waals surface area contributed by atoms with Crippen molar-refractivity contribution in [3.8, 4) is 11.5 Å². The first-order chi connectivity index (χ1) is 10.2. The minimum atomic E-state index is 0.103. The predicted octanol–water partition coefficient (Wildman–Crippen LogP) is 4.62. The van der Waals surface area contributed by atoms with Crippen molar-refractivity contribution in [2.75, 3.05) is 20.8 Å². The number of ether oxygens (including phenoxy) is 2. The molecule has 114 valence electrons. The van der Waals surface area contributed by atoms with Crippen LogP contribution >= 0.6 is 27.3 Å². The van der Waals surface area contributed by atoms with E-state index < -0.39 is 0 Å². The van der Waals surface area contributed by atoms with Crippen LogP contribution in [0.3, 0.4) is 0 Å². The minimum absolute atomic E-state index is 0.103. The smallest absolute Gasteiger partial charge is 0.124 e. The molecule has 0 saturated heterocycles. The maximum atomic E-state index is 5.53. The normalized spacial score (nSPS) is 12.2. The summed E-state index contributed by atoms with van der Waals surface area (Å²) < 4.78 is 12.0. The topological polar surface area (TPSA) is 30.5 Å². The molecule has 21 heavy (non-hydrogen) atoms. The highest BCUT2D eigenvalue weighted by atomic mass is 79.9. The van der Waals surface area contributed by atoms with Crippen LogP contribution < -0.4 is 14.8 Å². The van der Waals surface area contributed by atoms with Gasteiger partial charge in [0.05, 0.1) is 20.3 Å². The summed E-state index contributed by atoms with van der Waals surface area (Å²) in [4.78, 5) is 1.25. The lowest BCUT2D eigenvalue weighted by Gasteiger charge is -2.21.